The maximum atomic E-state index is 12.2. The van der Waals surface area contributed by atoms with Crippen molar-refractivity contribution in [1.82, 2.24) is 15.1 Å². The molecule has 1 rings (SSSR count). The molecule has 1 atom stereocenters. The van der Waals surface area contributed by atoms with Crippen LogP contribution in [0, 0.1) is 5.92 Å². The minimum atomic E-state index is -0.872. The van der Waals surface area contributed by atoms with Crippen LogP contribution in [0.3, 0.4) is 0 Å². The molecule has 7 heteroatoms. The van der Waals surface area contributed by atoms with E-state index in [4.69, 9.17) is 12.2 Å². The molecule has 20 heavy (non-hydrogen) atoms. The van der Waals surface area contributed by atoms with Crippen molar-refractivity contribution in [2.24, 2.45) is 10.9 Å². The van der Waals surface area contributed by atoms with E-state index in [1.54, 1.807) is 0 Å². The third-order valence-electron chi connectivity index (χ3n) is 2.90. The molecule has 1 heterocycles. The average molecular weight is 298 g/mol. The molecule has 1 aliphatic heterocycles. The molecule has 0 saturated carbocycles. The van der Waals surface area contributed by atoms with Crippen LogP contribution in [-0.2, 0) is 9.59 Å². The second kappa shape index (κ2) is 7.44. The molecule has 0 radical (unpaired) electrons. The molecule has 0 aromatic carbocycles. The molecule has 112 valence electrons. The lowest BCUT2D eigenvalue weighted by molar-refractivity contribution is -0.138. The van der Waals surface area contributed by atoms with Gasteiger partial charge >= 0.3 is 0 Å². The topological polar surface area (TPSA) is 65.0 Å². The minimum absolute atomic E-state index is 0.0831. The number of nitrogens with zero attached hydrogens (tertiary/aromatic N) is 3. The number of hydrogen-bond donors (Lipinski definition) is 1. The normalized spacial score (nSPS) is 20.4. The van der Waals surface area contributed by atoms with Gasteiger partial charge in [0.05, 0.1) is 0 Å². The van der Waals surface area contributed by atoms with Gasteiger partial charge in [0.2, 0.25) is 11.8 Å². The number of thiocarbonyl (C=S) groups is 1. The fourth-order valence-electron chi connectivity index (χ4n) is 1.88. The predicted octanol–water partition coefficient (Wildman–Crippen LogP) is 0.277. The van der Waals surface area contributed by atoms with Gasteiger partial charge in [-0.3, -0.25) is 19.5 Å². The summed E-state index contributed by atoms with van der Waals surface area (Å²) in [6.45, 7) is 5.23. The van der Waals surface area contributed by atoms with E-state index in [0.717, 1.165) is 13.0 Å². The van der Waals surface area contributed by atoms with Crippen molar-refractivity contribution in [3.8, 4) is 0 Å². The Morgan fingerprint density at radius 1 is 1.45 bits per heavy atom. The van der Waals surface area contributed by atoms with Crippen LogP contribution in [0.2, 0.25) is 0 Å². The van der Waals surface area contributed by atoms with Gasteiger partial charge in [-0.15, -0.1) is 0 Å². The molecule has 0 aliphatic carbocycles. The molecule has 1 saturated heterocycles. The van der Waals surface area contributed by atoms with Gasteiger partial charge in [-0.05, 0) is 53.1 Å². The SMILES string of the molecule is CC(C)N1C(=O)[C@H](C=NCCCN(C)C)C(=O)NC1=S. The highest BCUT2D eigenvalue weighted by Crippen LogP contribution is 2.12. The Morgan fingerprint density at radius 2 is 2.10 bits per heavy atom. The molecule has 6 nitrogen and oxygen atoms in total. The first-order valence-electron chi connectivity index (χ1n) is 6.67. The zero-order valence-electron chi connectivity index (χ0n) is 12.4. The summed E-state index contributed by atoms with van der Waals surface area (Å²) in [5.41, 5.74) is 0. The Balaban J connectivity index is 2.63. The number of hydrogen-bond acceptors (Lipinski definition) is 5. The number of nitrogens with one attached hydrogen (secondary N) is 1. The third kappa shape index (κ3) is 4.35. The van der Waals surface area contributed by atoms with E-state index in [2.05, 4.69) is 15.2 Å². The maximum absolute atomic E-state index is 12.2. The van der Waals surface area contributed by atoms with E-state index >= 15 is 0 Å². The number of rotatable bonds is 6. The second-order valence-electron chi connectivity index (χ2n) is 5.29. The molecule has 1 aliphatic rings. The van der Waals surface area contributed by atoms with Crippen molar-refractivity contribution in [1.29, 1.82) is 0 Å². The van der Waals surface area contributed by atoms with E-state index in [0.29, 0.717) is 6.54 Å². The highest BCUT2D eigenvalue weighted by molar-refractivity contribution is 7.80. The predicted molar refractivity (Wildman–Crippen MR) is 82.7 cm³/mol. The molecule has 1 N–H and O–H groups in total. The number of aliphatic imine (C=N–C) groups is 1. The smallest absolute Gasteiger partial charge is 0.247 e. The lowest BCUT2D eigenvalue weighted by Gasteiger charge is -2.33. The van der Waals surface area contributed by atoms with E-state index in [1.807, 2.05) is 27.9 Å². The lowest BCUT2D eigenvalue weighted by Crippen LogP contribution is -2.60. The third-order valence-corrected chi connectivity index (χ3v) is 3.20. The van der Waals surface area contributed by atoms with Gasteiger partial charge in [-0.25, -0.2) is 0 Å². The van der Waals surface area contributed by atoms with Crippen LogP contribution in [0.15, 0.2) is 4.99 Å². The first-order valence-corrected chi connectivity index (χ1v) is 7.08. The molecule has 0 spiro atoms. The van der Waals surface area contributed by atoms with Crippen molar-refractivity contribution in [2.45, 2.75) is 26.3 Å². The van der Waals surface area contributed by atoms with Crippen molar-refractivity contribution < 1.29 is 9.59 Å². The van der Waals surface area contributed by atoms with E-state index in [1.165, 1.54) is 11.1 Å². The van der Waals surface area contributed by atoms with E-state index in [-0.39, 0.29) is 17.1 Å². The summed E-state index contributed by atoms with van der Waals surface area (Å²) in [6.07, 6.45) is 2.32. The van der Waals surface area contributed by atoms with Crippen LogP contribution in [0.1, 0.15) is 20.3 Å². The molecule has 0 aromatic rings. The Morgan fingerprint density at radius 3 is 2.65 bits per heavy atom. The summed E-state index contributed by atoms with van der Waals surface area (Å²) >= 11 is 5.02. The zero-order chi connectivity index (χ0) is 15.3. The molecule has 0 bridgehead atoms. The van der Waals surface area contributed by atoms with Crippen LogP contribution >= 0.6 is 12.2 Å². The average Bonchev–Trinajstić information content (AvgIpc) is 2.30. The highest BCUT2D eigenvalue weighted by atomic mass is 32.1. The monoisotopic (exact) mass is 298 g/mol. The van der Waals surface area contributed by atoms with Crippen molar-refractivity contribution in [2.75, 3.05) is 27.2 Å². The van der Waals surface area contributed by atoms with Crippen molar-refractivity contribution in [3.05, 3.63) is 0 Å². The largest absolute Gasteiger partial charge is 0.309 e. The Kier molecular flexibility index (Phi) is 6.22. The number of carbonyl (C=O) groups is 2. The van der Waals surface area contributed by atoms with Gasteiger partial charge in [0, 0.05) is 18.8 Å². The van der Waals surface area contributed by atoms with Gasteiger partial charge < -0.3 is 10.2 Å². The number of amides is 2. The molecule has 0 aromatic heterocycles. The molecule has 0 unspecified atom stereocenters. The molecule has 2 amide bonds. The minimum Gasteiger partial charge on any atom is -0.309 e. The van der Waals surface area contributed by atoms with Crippen LogP contribution < -0.4 is 5.32 Å². The Labute approximate surface area is 125 Å². The lowest BCUT2D eigenvalue weighted by atomic mass is 10.1. The standard InChI is InChI=1S/C13H22N4O2S/c1-9(2)17-12(19)10(11(18)15-13(17)20)8-14-6-5-7-16(3)4/h8-10H,5-7H2,1-4H3,(H,15,18,20)/t10-/m1/s1. The van der Waals surface area contributed by atoms with E-state index in [9.17, 15) is 9.59 Å². The van der Waals surface area contributed by atoms with Crippen LogP contribution in [-0.4, -0.2) is 66.2 Å². The van der Waals surface area contributed by atoms with E-state index < -0.39 is 11.8 Å². The van der Waals surface area contributed by atoms with Gasteiger partial charge in [0.1, 0.15) is 0 Å². The summed E-state index contributed by atoms with van der Waals surface area (Å²) in [5, 5.41) is 2.72. The van der Waals surface area contributed by atoms with Gasteiger partial charge in [-0.2, -0.15) is 0 Å². The summed E-state index contributed by atoms with van der Waals surface area (Å²) in [4.78, 5) is 31.7. The van der Waals surface area contributed by atoms with Crippen LogP contribution in [0.4, 0.5) is 0 Å². The molecular formula is C13H22N4O2S. The van der Waals surface area contributed by atoms with Crippen molar-refractivity contribution in [3.63, 3.8) is 0 Å². The highest BCUT2D eigenvalue weighted by Gasteiger charge is 2.38. The Hall–Kier alpha value is -1.34. The first kappa shape index (κ1) is 16.7. The number of carbonyl (C=O) groups excluding carboxylic acids is 2. The maximum Gasteiger partial charge on any atom is 0.247 e. The van der Waals surface area contributed by atoms with Gasteiger partial charge in [0.25, 0.3) is 0 Å². The van der Waals surface area contributed by atoms with Gasteiger partial charge in [0.15, 0.2) is 11.0 Å². The van der Waals surface area contributed by atoms with Gasteiger partial charge in [-0.1, -0.05) is 0 Å². The Bertz CT molecular complexity index is 421. The van der Waals surface area contributed by atoms with Crippen LogP contribution in [0.25, 0.3) is 0 Å². The fraction of sp³-hybridized carbons (Fsp3) is 0.692. The zero-order valence-corrected chi connectivity index (χ0v) is 13.2. The summed E-state index contributed by atoms with van der Waals surface area (Å²) in [7, 11) is 3.98. The quantitative estimate of drug-likeness (QED) is 0.331. The first-order chi connectivity index (χ1) is 9.34. The summed E-state index contributed by atoms with van der Waals surface area (Å²) in [6, 6.07) is -0.0831. The van der Waals surface area contributed by atoms with Crippen molar-refractivity contribution >= 4 is 35.4 Å². The fourth-order valence-corrected chi connectivity index (χ4v) is 2.29. The van der Waals surface area contributed by atoms with Crippen LogP contribution in [0.5, 0.6) is 0 Å². The summed E-state index contributed by atoms with van der Waals surface area (Å²) < 4.78 is 0. The second-order valence-corrected chi connectivity index (χ2v) is 5.67. The molecular weight excluding hydrogens is 276 g/mol. The summed E-state index contributed by atoms with van der Waals surface area (Å²) in [5.74, 6) is -1.57. The molecule has 1 fully saturated rings.